The standard InChI is InChI=1S/C11H18BrN3O/c1-14-4-2-9(3-5-14)11-13-10(12)8-15(11)6-7-16/h8-9,16H,2-7H2,1H3. The zero-order valence-corrected chi connectivity index (χ0v) is 11.2. The molecule has 1 N–H and O–H groups in total. The zero-order chi connectivity index (χ0) is 11.5. The fraction of sp³-hybridized carbons (Fsp3) is 0.727. The van der Waals surface area contributed by atoms with Crippen molar-refractivity contribution in [2.24, 2.45) is 0 Å². The van der Waals surface area contributed by atoms with Gasteiger partial charge < -0.3 is 14.6 Å². The molecule has 1 aliphatic heterocycles. The van der Waals surface area contributed by atoms with E-state index >= 15 is 0 Å². The second-order valence-electron chi connectivity index (χ2n) is 4.42. The van der Waals surface area contributed by atoms with Crippen LogP contribution in [0.3, 0.4) is 0 Å². The van der Waals surface area contributed by atoms with Gasteiger partial charge in [-0.05, 0) is 48.9 Å². The third kappa shape index (κ3) is 2.64. The first kappa shape index (κ1) is 12.1. The van der Waals surface area contributed by atoms with Crippen molar-refractivity contribution in [2.75, 3.05) is 26.7 Å². The van der Waals surface area contributed by atoms with Gasteiger partial charge in [0.1, 0.15) is 10.4 Å². The van der Waals surface area contributed by atoms with Crippen LogP contribution in [0.1, 0.15) is 24.6 Å². The van der Waals surface area contributed by atoms with Gasteiger partial charge in [-0.25, -0.2) is 4.98 Å². The van der Waals surface area contributed by atoms with Crippen LogP contribution in [0.15, 0.2) is 10.8 Å². The van der Waals surface area contributed by atoms with Crippen molar-refractivity contribution in [3.8, 4) is 0 Å². The lowest BCUT2D eigenvalue weighted by Crippen LogP contribution is -2.30. The summed E-state index contributed by atoms with van der Waals surface area (Å²) in [7, 11) is 2.16. The summed E-state index contributed by atoms with van der Waals surface area (Å²) in [6.07, 6.45) is 4.28. The number of hydrogen-bond acceptors (Lipinski definition) is 3. The number of aliphatic hydroxyl groups is 1. The van der Waals surface area contributed by atoms with E-state index < -0.39 is 0 Å². The summed E-state index contributed by atoms with van der Waals surface area (Å²) in [5.41, 5.74) is 0. The molecular formula is C11H18BrN3O. The lowest BCUT2D eigenvalue weighted by Gasteiger charge is -2.28. The van der Waals surface area contributed by atoms with E-state index in [4.69, 9.17) is 5.11 Å². The molecule has 90 valence electrons. The van der Waals surface area contributed by atoms with Crippen molar-refractivity contribution in [2.45, 2.75) is 25.3 Å². The van der Waals surface area contributed by atoms with E-state index in [0.717, 1.165) is 36.4 Å². The normalized spacial score (nSPS) is 19.2. The molecule has 5 heteroatoms. The highest BCUT2D eigenvalue weighted by Gasteiger charge is 2.22. The Labute approximate surface area is 104 Å². The number of piperidine rings is 1. The first-order valence-electron chi connectivity index (χ1n) is 5.72. The quantitative estimate of drug-likeness (QED) is 0.915. The van der Waals surface area contributed by atoms with Crippen molar-refractivity contribution < 1.29 is 5.11 Å². The molecule has 2 heterocycles. The number of aromatic nitrogens is 2. The summed E-state index contributed by atoms with van der Waals surface area (Å²) in [5, 5.41) is 9.02. The molecule has 0 saturated carbocycles. The van der Waals surface area contributed by atoms with Crippen molar-refractivity contribution in [1.29, 1.82) is 0 Å². The Morgan fingerprint density at radius 3 is 2.81 bits per heavy atom. The second kappa shape index (κ2) is 5.29. The molecule has 0 aliphatic carbocycles. The highest BCUT2D eigenvalue weighted by Crippen LogP contribution is 2.27. The van der Waals surface area contributed by atoms with E-state index in [0.29, 0.717) is 12.5 Å². The molecule has 0 aromatic carbocycles. The maximum atomic E-state index is 9.02. The Morgan fingerprint density at radius 1 is 1.50 bits per heavy atom. The van der Waals surface area contributed by atoms with Gasteiger partial charge in [-0.3, -0.25) is 0 Å². The number of imidazole rings is 1. The van der Waals surface area contributed by atoms with E-state index in [1.54, 1.807) is 0 Å². The summed E-state index contributed by atoms with van der Waals surface area (Å²) in [6, 6.07) is 0. The molecule has 1 aromatic heterocycles. The predicted octanol–water partition coefficient (Wildman–Crippen LogP) is 1.45. The van der Waals surface area contributed by atoms with Gasteiger partial charge in [0.05, 0.1) is 6.61 Å². The van der Waals surface area contributed by atoms with E-state index in [2.05, 4.69) is 37.4 Å². The van der Waals surface area contributed by atoms with Crippen molar-refractivity contribution in [1.82, 2.24) is 14.5 Å². The van der Waals surface area contributed by atoms with Crippen LogP contribution in [0, 0.1) is 0 Å². The highest BCUT2D eigenvalue weighted by atomic mass is 79.9. The lowest BCUT2D eigenvalue weighted by atomic mass is 9.96. The van der Waals surface area contributed by atoms with Gasteiger partial charge in [-0.1, -0.05) is 0 Å². The number of nitrogens with zero attached hydrogens (tertiary/aromatic N) is 3. The molecule has 1 aliphatic rings. The van der Waals surface area contributed by atoms with Gasteiger partial charge in [0.2, 0.25) is 0 Å². The number of aliphatic hydroxyl groups excluding tert-OH is 1. The van der Waals surface area contributed by atoms with Crippen molar-refractivity contribution in [3.63, 3.8) is 0 Å². The van der Waals surface area contributed by atoms with Crippen molar-refractivity contribution >= 4 is 15.9 Å². The Kier molecular flexibility index (Phi) is 4.00. The fourth-order valence-electron chi connectivity index (χ4n) is 2.28. The molecule has 1 saturated heterocycles. The topological polar surface area (TPSA) is 41.3 Å². The average molecular weight is 288 g/mol. The molecule has 2 rings (SSSR count). The maximum Gasteiger partial charge on any atom is 0.124 e. The Bertz CT molecular complexity index is 345. The Morgan fingerprint density at radius 2 is 2.19 bits per heavy atom. The van der Waals surface area contributed by atoms with Gasteiger partial charge in [0.25, 0.3) is 0 Å². The summed E-state index contributed by atoms with van der Waals surface area (Å²) in [6.45, 7) is 3.07. The molecule has 0 radical (unpaired) electrons. The first-order chi connectivity index (χ1) is 7.70. The number of likely N-dealkylation sites (tertiary alicyclic amines) is 1. The van der Waals surface area contributed by atoms with E-state index in [-0.39, 0.29) is 6.61 Å². The summed E-state index contributed by atoms with van der Waals surface area (Å²) < 4.78 is 2.94. The van der Waals surface area contributed by atoms with Gasteiger partial charge in [0, 0.05) is 18.7 Å². The van der Waals surface area contributed by atoms with E-state index in [1.807, 2.05) is 6.20 Å². The minimum Gasteiger partial charge on any atom is -0.395 e. The largest absolute Gasteiger partial charge is 0.395 e. The monoisotopic (exact) mass is 287 g/mol. The predicted molar refractivity (Wildman–Crippen MR) is 66.5 cm³/mol. The summed E-state index contributed by atoms with van der Waals surface area (Å²) in [4.78, 5) is 6.88. The van der Waals surface area contributed by atoms with E-state index in [9.17, 15) is 0 Å². The van der Waals surface area contributed by atoms with Crippen LogP contribution in [0.2, 0.25) is 0 Å². The Hall–Kier alpha value is -0.390. The minimum atomic E-state index is 0.169. The summed E-state index contributed by atoms with van der Waals surface area (Å²) in [5.74, 6) is 1.66. The fourth-order valence-corrected chi connectivity index (χ4v) is 2.71. The van der Waals surface area contributed by atoms with Gasteiger partial charge >= 0.3 is 0 Å². The molecule has 0 spiro atoms. The molecule has 0 amide bonds. The number of halogens is 1. The lowest BCUT2D eigenvalue weighted by molar-refractivity contribution is 0.241. The highest BCUT2D eigenvalue weighted by molar-refractivity contribution is 9.10. The molecular weight excluding hydrogens is 270 g/mol. The van der Waals surface area contributed by atoms with Crippen molar-refractivity contribution in [3.05, 3.63) is 16.6 Å². The van der Waals surface area contributed by atoms with Crippen LogP contribution in [0.5, 0.6) is 0 Å². The van der Waals surface area contributed by atoms with Crippen LogP contribution in [-0.2, 0) is 6.54 Å². The molecule has 16 heavy (non-hydrogen) atoms. The van der Waals surface area contributed by atoms with Crippen LogP contribution < -0.4 is 0 Å². The third-order valence-electron chi connectivity index (χ3n) is 3.20. The minimum absolute atomic E-state index is 0.169. The zero-order valence-electron chi connectivity index (χ0n) is 9.56. The van der Waals surface area contributed by atoms with Crippen LogP contribution in [0.4, 0.5) is 0 Å². The third-order valence-corrected chi connectivity index (χ3v) is 3.58. The number of rotatable bonds is 3. The van der Waals surface area contributed by atoms with E-state index in [1.165, 1.54) is 0 Å². The molecule has 4 nitrogen and oxygen atoms in total. The SMILES string of the molecule is CN1CCC(c2nc(Br)cn2CCO)CC1. The first-order valence-corrected chi connectivity index (χ1v) is 6.52. The van der Waals surface area contributed by atoms with Crippen LogP contribution in [-0.4, -0.2) is 46.3 Å². The maximum absolute atomic E-state index is 9.02. The molecule has 0 bridgehead atoms. The second-order valence-corrected chi connectivity index (χ2v) is 5.23. The Balaban J connectivity index is 2.12. The van der Waals surface area contributed by atoms with Gasteiger partial charge in [0.15, 0.2) is 0 Å². The molecule has 0 unspecified atom stereocenters. The van der Waals surface area contributed by atoms with Gasteiger partial charge in [-0.2, -0.15) is 0 Å². The summed E-state index contributed by atoms with van der Waals surface area (Å²) >= 11 is 3.41. The molecule has 1 aromatic rings. The average Bonchev–Trinajstić information content (AvgIpc) is 2.61. The van der Waals surface area contributed by atoms with Crippen LogP contribution in [0.25, 0.3) is 0 Å². The smallest absolute Gasteiger partial charge is 0.124 e. The number of hydrogen-bond donors (Lipinski definition) is 1. The molecule has 0 atom stereocenters. The van der Waals surface area contributed by atoms with Crippen LogP contribution >= 0.6 is 15.9 Å². The van der Waals surface area contributed by atoms with Gasteiger partial charge in [-0.15, -0.1) is 0 Å². The molecule has 1 fully saturated rings.